The van der Waals surface area contributed by atoms with Gasteiger partial charge in [-0.15, -0.1) is 0 Å². The lowest BCUT2D eigenvalue weighted by atomic mass is 10.1. The Labute approximate surface area is 99.1 Å². The molecule has 1 atom stereocenters. The summed E-state index contributed by atoms with van der Waals surface area (Å²) in [7, 11) is 0. The quantitative estimate of drug-likeness (QED) is 0.879. The first kappa shape index (κ1) is 11.5. The summed E-state index contributed by atoms with van der Waals surface area (Å²) in [5, 5.41) is 0. The maximum atomic E-state index is 13.4. The molecule has 4 heteroatoms. The summed E-state index contributed by atoms with van der Waals surface area (Å²) in [6, 6.07) is 9.88. The molecule has 1 heterocycles. The summed E-state index contributed by atoms with van der Waals surface area (Å²) < 4.78 is 19.0. The van der Waals surface area contributed by atoms with Crippen LogP contribution in [0, 0.1) is 5.82 Å². The fraction of sp³-hybridized carbons (Fsp3) is 0.154. The number of ether oxygens (including phenoxy) is 1. The number of halogens is 1. The zero-order valence-corrected chi connectivity index (χ0v) is 9.21. The first-order chi connectivity index (χ1) is 8.31. The normalized spacial score (nSPS) is 12.1. The van der Waals surface area contributed by atoms with Crippen LogP contribution in [-0.4, -0.2) is 11.5 Å². The van der Waals surface area contributed by atoms with Crippen LogP contribution in [0.15, 0.2) is 48.8 Å². The van der Waals surface area contributed by atoms with Crippen molar-refractivity contribution in [2.24, 2.45) is 5.73 Å². The van der Waals surface area contributed by atoms with Crippen LogP contribution in [0.3, 0.4) is 0 Å². The highest BCUT2D eigenvalue weighted by molar-refractivity contribution is 5.25. The molecule has 0 aliphatic heterocycles. The van der Waals surface area contributed by atoms with E-state index >= 15 is 0 Å². The molecule has 88 valence electrons. The minimum absolute atomic E-state index is 0.208. The molecule has 3 nitrogen and oxygen atoms in total. The van der Waals surface area contributed by atoms with E-state index in [0.717, 1.165) is 5.56 Å². The van der Waals surface area contributed by atoms with Gasteiger partial charge in [-0.1, -0.05) is 12.1 Å². The molecule has 0 spiro atoms. The van der Waals surface area contributed by atoms with Gasteiger partial charge in [-0.05, 0) is 29.8 Å². The molecule has 0 radical (unpaired) electrons. The van der Waals surface area contributed by atoms with Crippen LogP contribution in [0.2, 0.25) is 0 Å². The van der Waals surface area contributed by atoms with Gasteiger partial charge in [0.1, 0.15) is 6.10 Å². The SMILES string of the molecule is NCC(Oc1ccccc1F)c1ccncc1. The largest absolute Gasteiger partial charge is 0.481 e. The Balaban J connectivity index is 2.19. The van der Waals surface area contributed by atoms with Gasteiger partial charge in [0.15, 0.2) is 11.6 Å². The number of para-hydroxylation sites is 1. The Bertz CT molecular complexity index is 476. The Morgan fingerprint density at radius 3 is 2.53 bits per heavy atom. The van der Waals surface area contributed by atoms with Gasteiger partial charge < -0.3 is 10.5 Å². The summed E-state index contributed by atoms with van der Waals surface area (Å²) in [5.41, 5.74) is 6.52. The van der Waals surface area contributed by atoms with Crippen molar-refractivity contribution in [2.75, 3.05) is 6.54 Å². The average Bonchev–Trinajstić information content (AvgIpc) is 2.39. The van der Waals surface area contributed by atoms with Crippen molar-refractivity contribution in [1.29, 1.82) is 0 Å². The molecule has 17 heavy (non-hydrogen) atoms. The number of nitrogens with two attached hydrogens (primary N) is 1. The fourth-order valence-corrected chi connectivity index (χ4v) is 1.52. The Morgan fingerprint density at radius 2 is 1.88 bits per heavy atom. The van der Waals surface area contributed by atoms with Crippen molar-refractivity contribution in [3.05, 3.63) is 60.2 Å². The lowest BCUT2D eigenvalue weighted by molar-refractivity contribution is 0.204. The summed E-state index contributed by atoms with van der Waals surface area (Å²) in [5.74, 6) is -0.181. The van der Waals surface area contributed by atoms with Gasteiger partial charge in [-0.25, -0.2) is 4.39 Å². The van der Waals surface area contributed by atoms with Gasteiger partial charge in [0.25, 0.3) is 0 Å². The van der Waals surface area contributed by atoms with Crippen molar-refractivity contribution < 1.29 is 9.13 Å². The van der Waals surface area contributed by atoms with Gasteiger partial charge in [-0.2, -0.15) is 0 Å². The molecular weight excluding hydrogens is 219 g/mol. The van der Waals surface area contributed by atoms with Gasteiger partial charge in [0.05, 0.1) is 0 Å². The van der Waals surface area contributed by atoms with E-state index in [0.29, 0.717) is 0 Å². The van der Waals surface area contributed by atoms with E-state index in [1.54, 1.807) is 42.7 Å². The van der Waals surface area contributed by atoms with E-state index in [2.05, 4.69) is 4.98 Å². The lowest BCUT2D eigenvalue weighted by Crippen LogP contribution is -2.18. The van der Waals surface area contributed by atoms with Crippen LogP contribution in [-0.2, 0) is 0 Å². The van der Waals surface area contributed by atoms with Crippen molar-refractivity contribution in [1.82, 2.24) is 4.98 Å². The molecule has 2 N–H and O–H groups in total. The third kappa shape index (κ3) is 2.79. The van der Waals surface area contributed by atoms with E-state index in [1.165, 1.54) is 6.07 Å². The molecule has 0 saturated heterocycles. The van der Waals surface area contributed by atoms with Gasteiger partial charge in [0, 0.05) is 18.9 Å². The van der Waals surface area contributed by atoms with E-state index in [4.69, 9.17) is 10.5 Å². The first-order valence-electron chi connectivity index (χ1n) is 5.32. The molecule has 2 rings (SSSR count). The molecule has 1 aromatic carbocycles. The van der Waals surface area contributed by atoms with Crippen molar-refractivity contribution in [2.45, 2.75) is 6.10 Å². The highest BCUT2D eigenvalue weighted by Gasteiger charge is 2.13. The van der Waals surface area contributed by atoms with E-state index in [1.807, 2.05) is 0 Å². The third-order valence-corrected chi connectivity index (χ3v) is 2.40. The van der Waals surface area contributed by atoms with Crippen LogP contribution in [0.1, 0.15) is 11.7 Å². The van der Waals surface area contributed by atoms with E-state index in [9.17, 15) is 4.39 Å². The Morgan fingerprint density at radius 1 is 1.18 bits per heavy atom. The molecule has 0 aliphatic rings. The lowest BCUT2D eigenvalue weighted by Gasteiger charge is -2.17. The summed E-state index contributed by atoms with van der Waals surface area (Å²) in [6.07, 6.45) is 2.95. The number of pyridine rings is 1. The van der Waals surface area contributed by atoms with Crippen LogP contribution >= 0.6 is 0 Å². The molecule has 0 bridgehead atoms. The molecule has 0 amide bonds. The highest BCUT2D eigenvalue weighted by Crippen LogP contribution is 2.23. The molecule has 0 fully saturated rings. The summed E-state index contributed by atoms with van der Waals surface area (Å²) >= 11 is 0. The molecule has 0 aliphatic carbocycles. The number of rotatable bonds is 4. The maximum absolute atomic E-state index is 13.4. The van der Waals surface area contributed by atoms with Crippen molar-refractivity contribution in [3.8, 4) is 5.75 Å². The van der Waals surface area contributed by atoms with Crippen LogP contribution in [0.4, 0.5) is 4.39 Å². The van der Waals surface area contributed by atoms with Gasteiger partial charge in [-0.3, -0.25) is 4.98 Å². The van der Waals surface area contributed by atoms with Crippen LogP contribution in [0.5, 0.6) is 5.75 Å². The molecule has 1 unspecified atom stereocenters. The van der Waals surface area contributed by atoms with Crippen LogP contribution in [0.25, 0.3) is 0 Å². The predicted molar refractivity (Wildman–Crippen MR) is 63.1 cm³/mol. The minimum atomic E-state index is -0.389. The van der Waals surface area contributed by atoms with E-state index in [-0.39, 0.29) is 24.2 Å². The smallest absolute Gasteiger partial charge is 0.165 e. The summed E-state index contributed by atoms with van der Waals surface area (Å²) in [4.78, 5) is 3.92. The Hall–Kier alpha value is -1.94. The molecule has 1 aromatic heterocycles. The molecule has 2 aromatic rings. The number of aromatic nitrogens is 1. The zero-order chi connectivity index (χ0) is 12.1. The zero-order valence-electron chi connectivity index (χ0n) is 9.21. The molecule has 0 saturated carbocycles. The van der Waals surface area contributed by atoms with Crippen LogP contribution < -0.4 is 10.5 Å². The van der Waals surface area contributed by atoms with Gasteiger partial charge in [0.2, 0.25) is 0 Å². The number of benzene rings is 1. The second-order valence-electron chi connectivity index (χ2n) is 3.55. The van der Waals surface area contributed by atoms with Crippen molar-refractivity contribution in [3.63, 3.8) is 0 Å². The number of nitrogens with zero attached hydrogens (tertiary/aromatic N) is 1. The predicted octanol–water partition coefficient (Wildman–Crippen LogP) is 2.30. The third-order valence-electron chi connectivity index (χ3n) is 2.40. The van der Waals surface area contributed by atoms with Gasteiger partial charge >= 0.3 is 0 Å². The Kier molecular flexibility index (Phi) is 3.67. The maximum Gasteiger partial charge on any atom is 0.165 e. The van der Waals surface area contributed by atoms with E-state index < -0.39 is 0 Å². The molecular formula is C13H13FN2O. The second-order valence-corrected chi connectivity index (χ2v) is 3.55. The highest BCUT2D eigenvalue weighted by atomic mass is 19.1. The monoisotopic (exact) mass is 232 g/mol. The topological polar surface area (TPSA) is 48.1 Å². The average molecular weight is 232 g/mol. The standard InChI is InChI=1S/C13H13FN2O/c14-11-3-1-2-4-12(11)17-13(9-15)10-5-7-16-8-6-10/h1-8,13H,9,15H2. The van der Waals surface area contributed by atoms with Crippen molar-refractivity contribution >= 4 is 0 Å². The minimum Gasteiger partial charge on any atom is -0.481 e. The number of hydrogen-bond acceptors (Lipinski definition) is 3. The summed E-state index contributed by atoms with van der Waals surface area (Å²) in [6.45, 7) is 0.276. The first-order valence-corrected chi connectivity index (χ1v) is 5.32. The fourth-order valence-electron chi connectivity index (χ4n) is 1.52. The number of hydrogen-bond donors (Lipinski definition) is 1. The second kappa shape index (κ2) is 5.41.